The van der Waals surface area contributed by atoms with Gasteiger partial charge in [0.15, 0.2) is 0 Å². The van der Waals surface area contributed by atoms with E-state index in [0.717, 1.165) is 17.8 Å². The molecule has 0 unspecified atom stereocenters. The van der Waals surface area contributed by atoms with Crippen LogP contribution in [-0.4, -0.2) is 21.8 Å². The van der Waals surface area contributed by atoms with Gasteiger partial charge in [-0.1, -0.05) is 0 Å². The van der Waals surface area contributed by atoms with E-state index in [0.29, 0.717) is 0 Å². The van der Waals surface area contributed by atoms with Crippen LogP contribution < -0.4 is 5.73 Å². The van der Waals surface area contributed by atoms with Crippen LogP contribution in [-0.2, 0) is 11.0 Å². The quantitative estimate of drug-likeness (QED) is 0.829. The van der Waals surface area contributed by atoms with Gasteiger partial charge in [0.1, 0.15) is 5.03 Å². The second-order valence-corrected chi connectivity index (χ2v) is 4.94. The maximum absolute atomic E-state index is 13.0. The second-order valence-electron chi connectivity index (χ2n) is 3.98. The first kappa shape index (κ1) is 13.7. The third kappa shape index (κ3) is 2.40. The Morgan fingerprint density at radius 3 is 2.68 bits per heavy atom. The number of halogens is 3. The van der Waals surface area contributed by atoms with Crippen molar-refractivity contribution in [2.75, 3.05) is 5.75 Å². The molecule has 0 saturated carbocycles. The monoisotopic (exact) mass is 290 g/mol. The Labute approximate surface area is 110 Å². The minimum Gasteiger partial charge on any atom is -0.478 e. The predicted octanol–water partition coefficient (Wildman–Crippen LogP) is 2.27. The molecule has 0 spiro atoms. The van der Waals surface area contributed by atoms with Crippen LogP contribution in [0.3, 0.4) is 0 Å². The van der Waals surface area contributed by atoms with Crippen LogP contribution in [0.15, 0.2) is 16.7 Å². The molecule has 8 heteroatoms. The third-order valence-electron chi connectivity index (χ3n) is 2.63. The molecule has 0 amide bonds. The number of aromatic nitrogens is 1. The maximum Gasteiger partial charge on any atom is 0.417 e. The first-order valence-corrected chi connectivity index (χ1v) is 6.14. The van der Waals surface area contributed by atoms with Gasteiger partial charge >= 0.3 is 12.1 Å². The molecule has 0 radical (unpaired) electrons. The van der Waals surface area contributed by atoms with Crippen molar-refractivity contribution in [1.82, 2.24) is 4.98 Å². The fourth-order valence-electron chi connectivity index (χ4n) is 1.78. The molecule has 1 aromatic heterocycles. The summed E-state index contributed by atoms with van der Waals surface area (Å²) in [7, 11) is 0. The zero-order valence-corrected chi connectivity index (χ0v) is 10.5. The van der Waals surface area contributed by atoms with Crippen LogP contribution in [0.4, 0.5) is 13.2 Å². The molecule has 102 valence electrons. The van der Waals surface area contributed by atoms with E-state index in [4.69, 9.17) is 10.8 Å². The molecule has 0 bridgehead atoms. The van der Waals surface area contributed by atoms with E-state index in [1.807, 2.05) is 0 Å². The molecule has 0 atom stereocenters. The summed E-state index contributed by atoms with van der Waals surface area (Å²) < 4.78 is 39.0. The van der Waals surface area contributed by atoms with Crippen molar-refractivity contribution in [3.05, 3.63) is 28.5 Å². The van der Waals surface area contributed by atoms with E-state index in [2.05, 4.69) is 4.98 Å². The molecule has 0 aromatic carbocycles. The molecule has 19 heavy (non-hydrogen) atoms. The number of nitrogens with zero attached hydrogens (tertiary/aromatic N) is 1. The Hall–Kier alpha value is -1.70. The predicted molar refractivity (Wildman–Crippen MR) is 63.4 cm³/mol. The molecular formula is C11H9F3N2O2S. The van der Waals surface area contributed by atoms with Gasteiger partial charge in [0.2, 0.25) is 0 Å². The van der Waals surface area contributed by atoms with E-state index < -0.39 is 17.7 Å². The average molecular weight is 290 g/mol. The van der Waals surface area contributed by atoms with Gasteiger partial charge in [-0.2, -0.15) is 13.2 Å². The Morgan fingerprint density at radius 2 is 2.16 bits per heavy atom. The number of rotatable bonds is 1. The standard InChI is InChI=1S/C11H9F3N2O2S/c1-4-2-6(11(12,13)14)7-8(15)5(10(17)18)3-19-9(7)16-4/h2H,3,15H2,1H3,(H,17,18). The van der Waals surface area contributed by atoms with Gasteiger partial charge in [-0.3, -0.25) is 0 Å². The topological polar surface area (TPSA) is 76.2 Å². The van der Waals surface area contributed by atoms with Crippen LogP contribution in [0.1, 0.15) is 16.8 Å². The Balaban J connectivity index is 2.76. The van der Waals surface area contributed by atoms with Crippen molar-refractivity contribution in [2.45, 2.75) is 18.1 Å². The summed E-state index contributed by atoms with van der Waals surface area (Å²) in [5.41, 5.74) is 3.94. The zero-order chi connectivity index (χ0) is 14.4. The Morgan fingerprint density at radius 1 is 1.53 bits per heavy atom. The number of aliphatic carboxylic acids is 1. The number of fused-ring (bicyclic) bond motifs is 1. The lowest BCUT2D eigenvalue weighted by Crippen LogP contribution is -2.21. The fourth-order valence-corrected chi connectivity index (χ4v) is 2.91. The zero-order valence-electron chi connectivity index (χ0n) is 9.71. The second kappa shape index (κ2) is 4.44. The van der Waals surface area contributed by atoms with Gasteiger partial charge in [-0.15, -0.1) is 11.8 Å². The van der Waals surface area contributed by atoms with Gasteiger partial charge in [0.25, 0.3) is 0 Å². The molecule has 0 fully saturated rings. The van der Waals surface area contributed by atoms with Crippen LogP contribution in [0.2, 0.25) is 0 Å². The fraction of sp³-hybridized carbons (Fsp3) is 0.273. The molecule has 0 saturated heterocycles. The first-order chi connectivity index (χ1) is 8.71. The summed E-state index contributed by atoms with van der Waals surface area (Å²) in [6.45, 7) is 1.45. The number of pyridine rings is 1. The molecule has 3 N–H and O–H groups in total. The average Bonchev–Trinajstić information content (AvgIpc) is 2.26. The number of carboxylic acids is 1. The maximum atomic E-state index is 13.0. The van der Waals surface area contributed by atoms with Crippen molar-refractivity contribution in [3.8, 4) is 0 Å². The molecule has 1 aliphatic rings. The normalized spacial score (nSPS) is 15.4. The number of nitrogens with two attached hydrogens (primary N) is 1. The van der Waals surface area contributed by atoms with Gasteiger partial charge in [0.05, 0.1) is 16.8 Å². The highest BCUT2D eigenvalue weighted by atomic mass is 32.2. The van der Waals surface area contributed by atoms with Crippen LogP contribution >= 0.6 is 11.8 Å². The smallest absolute Gasteiger partial charge is 0.417 e. The first-order valence-electron chi connectivity index (χ1n) is 5.15. The number of carbonyl (C=O) groups is 1. The summed E-state index contributed by atoms with van der Waals surface area (Å²) in [6.07, 6.45) is -4.61. The van der Waals surface area contributed by atoms with Crippen LogP contribution in [0, 0.1) is 6.92 Å². The summed E-state index contributed by atoms with van der Waals surface area (Å²) in [5, 5.41) is 9.05. The largest absolute Gasteiger partial charge is 0.478 e. The summed E-state index contributed by atoms with van der Waals surface area (Å²) in [6, 6.07) is 0.872. The lowest BCUT2D eigenvalue weighted by atomic mass is 10.0. The summed E-state index contributed by atoms with van der Waals surface area (Å²) in [5.74, 6) is -1.31. The highest BCUT2D eigenvalue weighted by molar-refractivity contribution is 7.99. The lowest BCUT2D eigenvalue weighted by molar-refractivity contribution is -0.138. The molecule has 4 nitrogen and oxygen atoms in total. The van der Waals surface area contributed by atoms with Crippen molar-refractivity contribution in [1.29, 1.82) is 0 Å². The van der Waals surface area contributed by atoms with Crippen molar-refractivity contribution < 1.29 is 23.1 Å². The van der Waals surface area contributed by atoms with E-state index in [1.165, 1.54) is 6.92 Å². The number of aryl methyl sites for hydroxylation is 1. The van der Waals surface area contributed by atoms with Gasteiger partial charge in [-0.25, -0.2) is 9.78 Å². The van der Waals surface area contributed by atoms with Gasteiger partial charge < -0.3 is 10.8 Å². The Bertz CT molecular complexity index is 596. The lowest BCUT2D eigenvalue weighted by Gasteiger charge is -2.22. The van der Waals surface area contributed by atoms with Crippen LogP contribution in [0.25, 0.3) is 5.70 Å². The van der Waals surface area contributed by atoms with E-state index in [1.54, 1.807) is 0 Å². The van der Waals surface area contributed by atoms with E-state index in [9.17, 15) is 18.0 Å². The molecular weight excluding hydrogens is 281 g/mol. The number of hydrogen-bond donors (Lipinski definition) is 2. The van der Waals surface area contributed by atoms with Gasteiger partial charge in [-0.05, 0) is 13.0 Å². The number of carboxylic acid groups (broad SMARTS) is 1. The van der Waals surface area contributed by atoms with Crippen molar-refractivity contribution >= 4 is 23.4 Å². The minimum absolute atomic E-state index is 0.00190. The number of hydrogen-bond acceptors (Lipinski definition) is 4. The molecule has 1 aliphatic heterocycles. The van der Waals surface area contributed by atoms with E-state index >= 15 is 0 Å². The molecule has 2 rings (SSSR count). The van der Waals surface area contributed by atoms with E-state index in [-0.39, 0.29) is 33.3 Å². The molecule has 0 aliphatic carbocycles. The highest BCUT2D eigenvalue weighted by Crippen LogP contribution is 2.42. The van der Waals surface area contributed by atoms with Crippen LogP contribution in [0.5, 0.6) is 0 Å². The van der Waals surface area contributed by atoms with Crippen molar-refractivity contribution in [2.24, 2.45) is 5.73 Å². The summed E-state index contributed by atoms with van der Waals surface area (Å²) in [4.78, 5) is 14.9. The van der Waals surface area contributed by atoms with Crippen molar-refractivity contribution in [3.63, 3.8) is 0 Å². The number of alkyl halides is 3. The third-order valence-corrected chi connectivity index (χ3v) is 3.63. The summed E-state index contributed by atoms with van der Waals surface area (Å²) >= 11 is 0.944. The van der Waals surface area contributed by atoms with Gasteiger partial charge in [0, 0.05) is 17.0 Å². The molecule has 1 aromatic rings. The molecule has 2 heterocycles. The SMILES string of the molecule is Cc1cc(C(F)(F)F)c2c(n1)SCC(C(=O)O)=C2N. The minimum atomic E-state index is -4.61. The number of thioether (sulfide) groups is 1. The Kier molecular flexibility index (Phi) is 3.21. The highest BCUT2D eigenvalue weighted by Gasteiger charge is 2.38.